The lowest BCUT2D eigenvalue weighted by Gasteiger charge is -2.11. The fourth-order valence-corrected chi connectivity index (χ4v) is 2.13. The molecule has 5 heteroatoms. The van der Waals surface area contributed by atoms with Crippen LogP contribution in [0.2, 0.25) is 0 Å². The monoisotopic (exact) mass is 343 g/mol. The van der Waals surface area contributed by atoms with E-state index in [2.05, 4.69) is 19.2 Å². The summed E-state index contributed by atoms with van der Waals surface area (Å²) in [6.07, 6.45) is 1.02. The largest absolute Gasteiger partial charge is 0.495 e. The van der Waals surface area contributed by atoms with Crippen LogP contribution in [-0.4, -0.2) is 26.2 Å². The Morgan fingerprint density at radius 3 is 2.28 bits per heavy atom. The number of ether oxygens (including phenoxy) is 3. The molecule has 0 heterocycles. The van der Waals surface area contributed by atoms with Gasteiger partial charge in [-0.05, 0) is 48.7 Å². The maximum atomic E-state index is 12.0. The molecule has 0 saturated heterocycles. The van der Waals surface area contributed by atoms with E-state index in [-0.39, 0.29) is 12.5 Å². The summed E-state index contributed by atoms with van der Waals surface area (Å²) in [5.41, 5.74) is 0.618. The highest BCUT2D eigenvalue weighted by Gasteiger charge is 2.07. The Kier molecular flexibility index (Phi) is 7.14. The summed E-state index contributed by atoms with van der Waals surface area (Å²) in [6.45, 7) is 4.94. The van der Waals surface area contributed by atoms with Crippen molar-refractivity contribution in [1.29, 1.82) is 0 Å². The van der Waals surface area contributed by atoms with Gasteiger partial charge >= 0.3 is 0 Å². The van der Waals surface area contributed by atoms with Gasteiger partial charge in [0, 0.05) is 0 Å². The van der Waals surface area contributed by atoms with E-state index in [1.807, 2.05) is 24.3 Å². The third-order valence-corrected chi connectivity index (χ3v) is 3.54. The van der Waals surface area contributed by atoms with Crippen molar-refractivity contribution in [2.45, 2.75) is 20.3 Å². The van der Waals surface area contributed by atoms with Gasteiger partial charge in [-0.2, -0.15) is 0 Å². The second kappa shape index (κ2) is 9.57. The number of para-hydroxylation sites is 2. The first-order valence-corrected chi connectivity index (χ1v) is 8.37. The molecule has 5 nitrogen and oxygen atoms in total. The number of methoxy groups -OCH3 is 1. The van der Waals surface area contributed by atoms with Gasteiger partial charge in [0.15, 0.2) is 6.61 Å². The highest BCUT2D eigenvalue weighted by Crippen LogP contribution is 2.23. The molecule has 0 aromatic heterocycles. The van der Waals surface area contributed by atoms with Crippen LogP contribution in [0.25, 0.3) is 0 Å². The smallest absolute Gasteiger partial charge is 0.262 e. The van der Waals surface area contributed by atoms with Crippen LogP contribution in [-0.2, 0) is 4.79 Å². The van der Waals surface area contributed by atoms with Crippen LogP contribution < -0.4 is 19.5 Å². The van der Waals surface area contributed by atoms with Crippen LogP contribution in [0.1, 0.15) is 20.3 Å². The summed E-state index contributed by atoms with van der Waals surface area (Å²) in [7, 11) is 1.56. The van der Waals surface area contributed by atoms with E-state index < -0.39 is 0 Å². The lowest BCUT2D eigenvalue weighted by Crippen LogP contribution is -2.20. The number of rotatable bonds is 9. The van der Waals surface area contributed by atoms with E-state index in [9.17, 15) is 4.79 Å². The zero-order chi connectivity index (χ0) is 18.1. The van der Waals surface area contributed by atoms with Crippen molar-refractivity contribution in [2.75, 3.05) is 25.6 Å². The molecule has 2 rings (SSSR count). The zero-order valence-corrected chi connectivity index (χ0v) is 15.0. The highest BCUT2D eigenvalue weighted by molar-refractivity contribution is 5.93. The fourth-order valence-electron chi connectivity index (χ4n) is 2.13. The Labute approximate surface area is 148 Å². The van der Waals surface area contributed by atoms with E-state index in [0.717, 1.165) is 12.2 Å². The van der Waals surface area contributed by atoms with Crippen molar-refractivity contribution in [3.8, 4) is 17.2 Å². The minimum absolute atomic E-state index is 0.0778. The molecular formula is C20H25NO4. The molecule has 0 aliphatic carbocycles. The molecule has 134 valence electrons. The standard InChI is InChI=1S/C20H25NO4/c1-15(2)12-13-24-16-8-10-17(11-9-16)25-14-20(22)21-18-6-4-5-7-19(18)23-3/h4-11,15H,12-14H2,1-3H3,(H,21,22). The average Bonchev–Trinajstić information content (AvgIpc) is 2.61. The molecule has 2 aromatic carbocycles. The normalized spacial score (nSPS) is 10.4. The Morgan fingerprint density at radius 2 is 1.64 bits per heavy atom. The van der Waals surface area contributed by atoms with Gasteiger partial charge in [-0.3, -0.25) is 4.79 Å². The molecule has 0 saturated carbocycles. The SMILES string of the molecule is COc1ccccc1NC(=O)COc1ccc(OCCC(C)C)cc1. The van der Waals surface area contributed by atoms with E-state index in [4.69, 9.17) is 14.2 Å². The van der Waals surface area contributed by atoms with Crippen LogP contribution in [0.4, 0.5) is 5.69 Å². The molecule has 0 spiro atoms. The quantitative estimate of drug-likeness (QED) is 0.743. The Morgan fingerprint density at radius 1 is 1.00 bits per heavy atom. The van der Waals surface area contributed by atoms with Crippen molar-refractivity contribution >= 4 is 11.6 Å². The molecule has 0 bridgehead atoms. The van der Waals surface area contributed by atoms with Crippen molar-refractivity contribution in [3.05, 3.63) is 48.5 Å². The van der Waals surface area contributed by atoms with Crippen LogP contribution >= 0.6 is 0 Å². The number of benzene rings is 2. The first kappa shape index (κ1) is 18.6. The lowest BCUT2D eigenvalue weighted by atomic mass is 10.1. The molecule has 0 fully saturated rings. The van der Waals surface area contributed by atoms with Gasteiger partial charge in [-0.25, -0.2) is 0 Å². The summed E-state index contributed by atoms with van der Waals surface area (Å²) in [5.74, 6) is 2.39. The van der Waals surface area contributed by atoms with Crippen molar-refractivity contribution in [3.63, 3.8) is 0 Å². The van der Waals surface area contributed by atoms with Crippen molar-refractivity contribution in [2.24, 2.45) is 5.92 Å². The van der Waals surface area contributed by atoms with E-state index in [0.29, 0.717) is 29.7 Å². The number of amides is 1. The molecule has 25 heavy (non-hydrogen) atoms. The van der Waals surface area contributed by atoms with E-state index in [1.54, 1.807) is 31.4 Å². The van der Waals surface area contributed by atoms with Gasteiger partial charge in [0.05, 0.1) is 19.4 Å². The third kappa shape index (κ3) is 6.37. The van der Waals surface area contributed by atoms with Crippen molar-refractivity contribution < 1.29 is 19.0 Å². The summed E-state index contributed by atoms with van der Waals surface area (Å²) in [5, 5.41) is 2.77. The van der Waals surface area contributed by atoms with Crippen LogP contribution in [0, 0.1) is 5.92 Å². The number of carbonyl (C=O) groups excluding carboxylic acids is 1. The predicted octanol–water partition coefficient (Wildman–Crippen LogP) is 4.14. The average molecular weight is 343 g/mol. The molecule has 0 aliphatic heterocycles. The van der Waals surface area contributed by atoms with Gasteiger partial charge in [0.1, 0.15) is 17.2 Å². The molecular weight excluding hydrogens is 318 g/mol. The number of carbonyl (C=O) groups is 1. The highest BCUT2D eigenvalue weighted by atomic mass is 16.5. The maximum Gasteiger partial charge on any atom is 0.262 e. The number of anilines is 1. The summed E-state index contributed by atoms with van der Waals surface area (Å²) >= 11 is 0. The van der Waals surface area contributed by atoms with E-state index >= 15 is 0 Å². The zero-order valence-electron chi connectivity index (χ0n) is 15.0. The van der Waals surface area contributed by atoms with Gasteiger partial charge in [0.2, 0.25) is 0 Å². The first-order valence-electron chi connectivity index (χ1n) is 8.37. The van der Waals surface area contributed by atoms with Gasteiger partial charge in [0.25, 0.3) is 5.91 Å². The van der Waals surface area contributed by atoms with Crippen LogP contribution in [0.3, 0.4) is 0 Å². The molecule has 2 aromatic rings. The molecule has 0 unspecified atom stereocenters. The summed E-state index contributed by atoms with van der Waals surface area (Å²) in [6, 6.07) is 14.5. The third-order valence-electron chi connectivity index (χ3n) is 3.54. The van der Waals surface area contributed by atoms with E-state index in [1.165, 1.54) is 0 Å². The Balaban J connectivity index is 1.79. The minimum atomic E-state index is -0.248. The van der Waals surface area contributed by atoms with Gasteiger partial charge in [-0.1, -0.05) is 26.0 Å². The summed E-state index contributed by atoms with van der Waals surface area (Å²) < 4.78 is 16.4. The summed E-state index contributed by atoms with van der Waals surface area (Å²) in [4.78, 5) is 12.0. The number of hydrogen-bond donors (Lipinski definition) is 1. The second-order valence-electron chi connectivity index (χ2n) is 6.04. The predicted molar refractivity (Wildman–Crippen MR) is 98.5 cm³/mol. The Hall–Kier alpha value is -2.69. The molecule has 1 amide bonds. The topological polar surface area (TPSA) is 56.8 Å². The maximum absolute atomic E-state index is 12.0. The first-order chi connectivity index (χ1) is 12.1. The second-order valence-corrected chi connectivity index (χ2v) is 6.04. The van der Waals surface area contributed by atoms with Crippen LogP contribution in [0.15, 0.2) is 48.5 Å². The Bertz CT molecular complexity index is 668. The van der Waals surface area contributed by atoms with Crippen LogP contribution in [0.5, 0.6) is 17.2 Å². The molecule has 0 radical (unpaired) electrons. The molecule has 1 N–H and O–H groups in total. The fraction of sp³-hybridized carbons (Fsp3) is 0.350. The minimum Gasteiger partial charge on any atom is -0.495 e. The lowest BCUT2D eigenvalue weighted by molar-refractivity contribution is -0.118. The van der Waals surface area contributed by atoms with Gasteiger partial charge in [-0.15, -0.1) is 0 Å². The number of nitrogens with one attached hydrogen (secondary N) is 1. The molecule has 0 atom stereocenters. The van der Waals surface area contributed by atoms with Gasteiger partial charge < -0.3 is 19.5 Å². The van der Waals surface area contributed by atoms with Crippen molar-refractivity contribution in [1.82, 2.24) is 0 Å². The molecule has 0 aliphatic rings. The number of hydrogen-bond acceptors (Lipinski definition) is 4.